The number of halogens is 4. The highest BCUT2D eigenvalue weighted by Gasteiger charge is 2.50. The molecule has 0 saturated carbocycles. The quantitative estimate of drug-likeness (QED) is 0.658. The van der Waals surface area contributed by atoms with Crippen LogP contribution in [0.2, 0.25) is 5.02 Å². The van der Waals surface area contributed by atoms with Gasteiger partial charge in [0.05, 0.1) is 0 Å². The van der Waals surface area contributed by atoms with Gasteiger partial charge in [-0.1, -0.05) is 29.8 Å². The summed E-state index contributed by atoms with van der Waals surface area (Å²) in [6, 6.07) is 3.95. The molecule has 0 bridgehead atoms. The fourth-order valence-corrected chi connectivity index (χ4v) is 2.75. The monoisotopic (exact) mass is 406 g/mol. The fourth-order valence-electron chi connectivity index (χ4n) is 2.42. The van der Waals surface area contributed by atoms with Gasteiger partial charge in [0.2, 0.25) is 5.91 Å². The summed E-state index contributed by atoms with van der Waals surface area (Å²) in [4.78, 5) is 48.3. The van der Waals surface area contributed by atoms with E-state index in [4.69, 9.17) is 11.6 Å². The van der Waals surface area contributed by atoms with E-state index in [0.717, 1.165) is 0 Å². The van der Waals surface area contributed by atoms with Crippen LogP contribution in [0.5, 0.6) is 0 Å². The van der Waals surface area contributed by atoms with Gasteiger partial charge >= 0.3 is 18.2 Å². The number of rotatable bonds is 4. The SMILES string of the molecule is C[C@@]1(c2ccccc2Cl)NC(=O)N(CC(=O)NC(=O)NCC(F)(F)F)C1=O. The Morgan fingerprint density at radius 2 is 1.89 bits per heavy atom. The zero-order valence-corrected chi connectivity index (χ0v) is 14.6. The molecule has 1 aliphatic rings. The average Bonchev–Trinajstić information content (AvgIpc) is 2.77. The van der Waals surface area contributed by atoms with Gasteiger partial charge in [-0.3, -0.25) is 19.8 Å². The summed E-state index contributed by atoms with van der Waals surface area (Å²) >= 11 is 6.05. The molecule has 1 atom stereocenters. The lowest BCUT2D eigenvalue weighted by molar-refractivity contribution is -0.134. The van der Waals surface area contributed by atoms with Gasteiger partial charge in [0, 0.05) is 10.6 Å². The van der Waals surface area contributed by atoms with Gasteiger partial charge in [-0.25, -0.2) is 9.59 Å². The number of amides is 6. The number of benzene rings is 1. The van der Waals surface area contributed by atoms with Crippen LogP contribution in [-0.4, -0.2) is 48.0 Å². The summed E-state index contributed by atoms with van der Waals surface area (Å²) in [5.41, 5.74) is -1.23. The molecule has 6 amide bonds. The second-order valence-corrected chi connectivity index (χ2v) is 6.18. The molecule has 0 unspecified atom stereocenters. The number of nitrogens with one attached hydrogen (secondary N) is 3. The Hall–Kier alpha value is -2.82. The third kappa shape index (κ3) is 4.67. The van der Waals surface area contributed by atoms with Crippen molar-refractivity contribution in [2.45, 2.75) is 18.6 Å². The Balaban J connectivity index is 2.04. The molecular formula is C15H14ClF3N4O4. The van der Waals surface area contributed by atoms with E-state index >= 15 is 0 Å². The Labute approximate surface area is 156 Å². The molecule has 3 N–H and O–H groups in total. The van der Waals surface area contributed by atoms with Crippen LogP contribution in [0.25, 0.3) is 0 Å². The van der Waals surface area contributed by atoms with Crippen LogP contribution in [-0.2, 0) is 15.1 Å². The van der Waals surface area contributed by atoms with E-state index in [1.54, 1.807) is 17.4 Å². The lowest BCUT2D eigenvalue weighted by Crippen LogP contribution is -2.48. The summed E-state index contributed by atoms with van der Waals surface area (Å²) < 4.78 is 36.1. The average molecular weight is 407 g/mol. The van der Waals surface area contributed by atoms with Crippen LogP contribution in [0, 0.1) is 0 Å². The van der Waals surface area contributed by atoms with Crippen molar-refractivity contribution in [1.29, 1.82) is 0 Å². The Morgan fingerprint density at radius 1 is 1.26 bits per heavy atom. The van der Waals surface area contributed by atoms with Gasteiger partial charge in [-0.05, 0) is 13.0 Å². The number of alkyl halides is 3. The Kier molecular flexibility index (Phi) is 5.64. The second kappa shape index (κ2) is 7.43. The largest absolute Gasteiger partial charge is 0.405 e. The normalized spacial score (nSPS) is 19.7. The first-order valence-electron chi connectivity index (χ1n) is 7.47. The highest BCUT2D eigenvalue weighted by molar-refractivity contribution is 6.32. The summed E-state index contributed by atoms with van der Waals surface area (Å²) in [6.45, 7) is -1.10. The molecule has 27 heavy (non-hydrogen) atoms. The van der Waals surface area contributed by atoms with Gasteiger partial charge in [-0.15, -0.1) is 0 Å². The van der Waals surface area contributed by atoms with E-state index in [0.29, 0.717) is 10.5 Å². The predicted molar refractivity (Wildman–Crippen MR) is 86.6 cm³/mol. The molecule has 1 saturated heterocycles. The first-order valence-corrected chi connectivity index (χ1v) is 7.85. The van der Waals surface area contributed by atoms with E-state index < -0.39 is 48.7 Å². The van der Waals surface area contributed by atoms with E-state index in [9.17, 15) is 32.3 Å². The summed E-state index contributed by atoms with van der Waals surface area (Å²) in [5.74, 6) is -1.94. The van der Waals surface area contributed by atoms with Crippen LogP contribution < -0.4 is 16.0 Å². The van der Waals surface area contributed by atoms with Crippen LogP contribution >= 0.6 is 11.6 Å². The van der Waals surface area contributed by atoms with Crippen molar-refractivity contribution in [1.82, 2.24) is 20.9 Å². The zero-order valence-electron chi connectivity index (χ0n) is 13.8. The molecule has 0 radical (unpaired) electrons. The minimum atomic E-state index is -4.65. The van der Waals surface area contributed by atoms with E-state index in [1.807, 2.05) is 0 Å². The minimum absolute atomic E-state index is 0.214. The number of carbonyl (C=O) groups excluding carboxylic acids is 4. The van der Waals surface area contributed by atoms with Crippen LogP contribution in [0.4, 0.5) is 22.8 Å². The molecule has 1 aromatic rings. The van der Waals surface area contributed by atoms with Crippen LogP contribution in [0.15, 0.2) is 24.3 Å². The number of nitrogens with zero attached hydrogens (tertiary/aromatic N) is 1. The number of urea groups is 2. The molecule has 2 rings (SSSR count). The maximum Gasteiger partial charge on any atom is 0.405 e. The smallest absolute Gasteiger partial charge is 0.329 e. The van der Waals surface area contributed by atoms with E-state index in [1.165, 1.54) is 24.4 Å². The van der Waals surface area contributed by atoms with Crippen LogP contribution in [0.3, 0.4) is 0 Å². The predicted octanol–water partition coefficient (Wildman–Crippen LogP) is 1.50. The number of imide groups is 2. The molecule has 146 valence electrons. The Bertz CT molecular complexity index is 802. The molecule has 0 aliphatic carbocycles. The van der Waals surface area contributed by atoms with E-state index in [2.05, 4.69) is 5.32 Å². The van der Waals surface area contributed by atoms with Gasteiger partial charge in [0.25, 0.3) is 5.91 Å². The first kappa shape index (κ1) is 20.5. The molecule has 0 aromatic heterocycles. The summed E-state index contributed by atoms with van der Waals surface area (Å²) in [7, 11) is 0. The van der Waals surface area contributed by atoms with Crippen LogP contribution in [0.1, 0.15) is 12.5 Å². The lowest BCUT2D eigenvalue weighted by atomic mass is 9.92. The van der Waals surface area contributed by atoms with E-state index in [-0.39, 0.29) is 5.02 Å². The molecule has 1 aliphatic heterocycles. The van der Waals surface area contributed by atoms with Gasteiger partial charge < -0.3 is 10.6 Å². The molecule has 1 aromatic carbocycles. The fraction of sp³-hybridized carbons (Fsp3) is 0.333. The first-order chi connectivity index (χ1) is 12.4. The number of carbonyl (C=O) groups is 4. The van der Waals surface area contributed by atoms with Crippen molar-refractivity contribution in [2.24, 2.45) is 0 Å². The van der Waals surface area contributed by atoms with Gasteiger partial charge in [0.15, 0.2) is 0 Å². The van der Waals surface area contributed by atoms with Crippen molar-refractivity contribution in [3.8, 4) is 0 Å². The second-order valence-electron chi connectivity index (χ2n) is 5.77. The molecule has 12 heteroatoms. The molecule has 0 spiro atoms. The molecule has 1 heterocycles. The summed E-state index contributed by atoms with van der Waals surface area (Å²) in [6.07, 6.45) is -4.65. The van der Waals surface area contributed by atoms with Crippen molar-refractivity contribution in [3.63, 3.8) is 0 Å². The number of hydrogen-bond acceptors (Lipinski definition) is 4. The maximum atomic E-state index is 12.6. The number of hydrogen-bond donors (Lipinski definition) is 3. The maximum absolute atomic E-state index is 12.6. The lowest BCUT2D eigenvalue weighted by Gasteiger charge is -2.23. The molecule has 8 nitrogen and oxygen atoms in total. The third-order valence-electron chi connectivity index (χ3n) is 3.69. The van der Waals surface area contributed by atoms with Crippen molar-refractivity contribution in [3.05, 3.63) is 34.9 Å². The third-order valence-corrected chi connectivity index (χ3v) is 4.02. The highest BCUT2D eigenvalue weighted by Crippen LogP contribution is 2.33. The van der Waals surface area contributed by atoms with Crippen molar-refractivity contribution < 1.29 is 32.3 Å². The van der Waals surface area contributed by atoms with Crippen molar-refractivity contribution >= 4 is 35.5 Å². The zero-order chi connectivity index (χ0) is 20.4. The topological polar surface area (TPSA) is 108 Å². The standard InChI is InChI=1S/C15H14ClF3N4O4/c1-14(8-4-2-3-5-9(8)16)11(25)23(13(27)22-14)6-10(24)21-12(26)20-7-15(17,18)19/h2-5H,6-7H2,1H3,(H,22,27)(H2,20,21,24,26)/t14-/m0/s1. The Morgan fingerprint density at radius 3 is 2.48 bits per heavy atom. The minimum Gasteiger partial charge on any atom is -0.329 e. The van der Waals surface area contributed by atoms with Gasteiger partial charge in [0.1, 0.15) is 18.6 Å². The molecular weight excluding hydrogens is 393 g/mol. The van der Waals surface area contributed by atoms with Gasteiger partial charge in [-0.2, -0.15) is 13.2 Å². The highest BCUT2D eigenvalue weighted by atomic mass is 35.5. The summed E-state index contributed by atoms with van der Waals surface area (Å²) in [5, 5.41) is 5.67. The van der Waals surface area contributed by atoms with Crippen molar-refractivity contribution in [2.75, 3.05) is 13.1 Å². The molecule has 1 fully saturated rings.